The Labute approximate surface area is 75.7 Å². The molecule has 0 aliphatic heterocycles. The van der Waals surface area contributed by atoms with Crippen LogP contribution in [0, 0.1) is 0 Å². The summed E-state index contributed by atoms with van der Waals surface area (Å²) in [4.78, 5) is 10.4. The highest BCUT2D eigenvalue weighted by Crippen LogP contribution is 2.28. The molecule has 13 heavy (non-hydrogen) atoms. The number of carboxylic acid groups (broad SMARTS) is 1. The summed E-state index contributed by atoms with van der Waals surface area (Å²) in [5.74, 6) is 0.264. The first-order valence-electron chi connectivity index (χ1n) is 3.86. The van der Waals surface area contributed by atoms with Crippen molar-refractivity contribution in [1.82, 2.24) is 5.16 Å². The summed E-state index contributed by atoms with van der Waals surface area (Å²) >= 11 is 0. The first kappa shape index (κ1) is 9.57. The minimum absolute atomic E-state index is 0.183. The van der Waals surface area contributed by atoms with E-state index in [1.807, 2.05) is 20.8 Å². The fourth-order valence-corrected chi connectivity index (χ4v) is 0.960. The lowest BCUT2D eigenvalue weighted by atomic mass is 9.89. The molecule has 0 radical (unpaired) electrons. The van der Waals surface area contributed by atoms with E-state index >= 15 is 0 Å². The van der Waals surface area contributed by atoms with Crippen molar-refractivity contribution in [3.8, 4) is 0 Å². The molecule has 0 atom stereocenters. The molecule has 1 aromatic rings. The molecule has 0 spiro atoms. The van der Waals surface area contributed by atoms with Crippen LogP contribution in [-0.4, -0.2) is 16.4 Å². The fraction of sp³-hybridized carbons (Fsp3) is 0.500. The van der Waals surface area contributed by atoms with Crippen LogP contribution in [0.3, 0.4) is 0 Å². The summed E-state index contributed by atoms with van der Waals surface area (Å²) in [6.07, 6.45) is 0.310. The number of hydrogen-bond acceptors (Lipinski definition) is 3. The first-order valence-corrected chi connectivity index (χ1v) is 3.86. The van der Waals surface area contributed by atoms with E-state index in [0.29, 0.717) is 0 Å². The van der Waals surface area contributed by atoms with Crippen LogP contribution in [-0.2, 0) is 5.41 Å². The largest absolute Gasteiger partial charge is 0.465 e. The van der Waals surface area contributed by atoms with Crippen molar-refractivity contribution in [2.24, 2.45) is 0 Å². The summed E-state index contributed by atoms with van der Waals surface area (Å²) < 4.78 is 4.70. The van der Waals surface area contributed by atoms with Crippen LogP contribution in [0.1, 0.15) is 26.3 Å². The van der Waals surface area contributed by atoms with Crippen LogP contribution in [0.4, 0.5) is 10.6 Å². The topological polar surface area (TPSA) is 75.4 Å². The Balaban J connectivity index is 2.96. The van der Waals surface area contributed by atoms with Gasteiger partial charge in [0.15, 0.2) is 5.82 Å². The Morgan fingerprint density at radius 1 is 1.62 bits per heavy atom. The van der Waals surface area contributed by atoms with Gasteiger partial charge in [0.2, 0.25) is 0 Å². The maximum Gasteiger partial charge on any atom is 0.410 e. The highest BCUT2D eigenvalue weighted by Gasteiger charge is 2.22. The minimum atomic E-state index is -1.14. The average molecular weight is 184 g/mol. The van der Waals surface area contributed by atoms with Crippen molar-refractivity contribution >= 4 is 11.9 Å². The van der Waals surface area contributed by atoms with Gasteiger partial charge >= 0.3 is 6.09 Å². The van der Waals surface area contributed by atoms with Crippen molar-refractivity contribution in [2.45, 2.75) is 26.2 Å². The molecule has 0 fully saturated rings. The predicted molar refractivity (Wildman–Crippen MR) is 46.9 cm³/mol. The molecule has 0 aliphatic carbocycles. The second-order valence-electron chi connectivity index (χ2n) is 3.76. The van der Waals surface area contributed by atoms with Crippen molar-refractivity contribution in [3.63, 3.8) is 0 Å². The maximum absolute atomic E-state index is 10.4. The molecule has 72 valence electrons. The molecule has 1 amide bonds. The van der Waals surface area contributed by atoms with Crippen molar-refractivity contribution < 1.29 is 14.4 Å². The summed E-state index contributed by atoms with van der Waals surface area (Å²) in [7, 11) is 0. The van der Waals surface area contributed by atoms with Gasteiger partial charge in [0.1, 0.15) is 6.26 Å². The molecule has 0 bridgehead atoms. The number of amides is 1. The summed E-state index contributed by atoms with van der Waals surface area (Å²) in [6, 6.07) is 0. The van der Waals surface area contributed by atoms with Gasteiger partial charge in [-0.3, -0.25) is 5.32 Å². The molecule has 0 saturated heterocycles. The number of rotatable bonds is 1. The van der Waals surface area contributed by atoms with Gasteiger partial charge in [-0.15, -0.1) is 0 Å². The summed E-state index contributed by atoms with van der Waals surface area (Å²) in [5.41, 5.74) is 0.563. The van der Waals surface area contributed by atoms with Crippen molar-refractivity contribution in [1.29, 1.82) is 0 Å². The second kappa shape index (κ2) is 3.08. The Bertz CT molecular complexity index is 311. The molecular weight excluding hydrogens is 172 g/mol. The van der Waals surface area contributed by atoms with Gasteiger partial charge in [-0.05, 0) is 5.41 Å². The van der Waals surface area contributed by atoms with Crippen LogP contribution < -0.4 is 5.32 Å². The lowest BCUT2D eigenvalue weighted by molar-refractivity contribution is 0.209. The highest BCUT2D eigenvalue weighted by molar-refractivity contribution is 5.82. The zero-order valence-corrected chi connectivity index (χ0v) is 7.79. The number of carbonyl (C=O) groups is 1. The lowest BCUT2D eigenvalue weighted by Gasteiger charge is -2.16. The zero-order chi connectivity index (χ0) is 10.1. The van der Waals surface area contributed by atoms with Crippen LogP contribution in [0.2, 0.25) is 0 Å². The summed E-state index contributed by atoms with van der Waals surface area (Å²) in [5, 5.41) is 14.2. The molecule has 1 heterocycles. The standard InChI is InChI=1S/C8H12N2O3/c1-8(2,3)5-4-13-10-6(5)9-7(11)12/h4H,1-3H3,(H,9,10)(H,11,12). The van der Waals surface area contributed by atoms with Crippen molar-refractivity contribution in [3.05, 3.63) is 11.8 Å². The van der Waals surface area contributed by atoms with E-state index in [9.17, 15) is 4.79 Å². The minimum Gasteiger partial charge on any atom is -0.465 e. The van der Waals surface area contributed by atoms with E-state index in [-0.39, 0.29) is 11.2 Å². The number of nitrogens with one attached hydrogen (secondary N) is 1. The van der Waals surface area contributed by atoms with Crippen molar-refractivity contribution in [2.75, 3.05) is 5.32 Å². The van der Waals surface area contributed by atoms with Crippen LogP contribution in [0.25, 0.3) is 0 Å². The molecule has 1 aromatic heterocycles. The molecule has 0 aromatic carbocycles. The van der Waals surface area contributed by atoms with Crippen LogP contribution in [0.15, 0.2) is 10.8 Å². The van der Waals surface area contributed by atoms with Gasteiger partial charge in [-0.2, -0.15) is 0 Å². The first-order chi connectivity index (χ1) is 5.91. The summed E-state index contributed by atoms with van der Waals surface area (Å²) in [6.45, 7) is 5.85. The second-order valence-corrected chi connectivity index (χ2v) is 3.76. The maximum atomic E-state index is 10.4. The SMILES string of the molecule is CC(C)(C)c1conc1NC(=O)O. The molecule has 5 nitrogen and oxygen atoms in total. The van der Waals surface area contributed by atoms with Crippen LogP contribution >= 0.6 is 0 Å². The molecule has 5 heteroatoms. The van der Waals surface area contributed by atoms with E-state index in [4.69, 9.17) is 9.63 Å². The Kier molecular flexibility index (Phi) is 2.27. The van der Waals surface area contributed by atoms with Crippen LogP contribution in [0.5, 0.6) is 0 Å². The smallest absolute Gasteiger partial charge is 0.410 e. The Morgan fingerprint density at radius 2 is 2.23 bits per heavy atom. The number of nitrogens with zero attached hydrogens (tertiary/aromatic N) is 1. The highest BCUT2D eigenvalue weighted by atomic mass is 16.5. The van der Waals surface area contributed by atoms with E-state index < -0.39 is 6.09 Å². The zero-order valence-electron chi connectivity index (χ0n) is 7.79. The van der Waals surface area contributed by atoms with Gasteiger partial charge in [0, 0.05) is 5.56 Å². The van der Waals surface area contributed by atoms with Gasteiger partial charge in [0.05, 0.1) is 0 Å². The van der Waals surface area contributed by atoms with Gasteiger partial charge in [-0.25, -0.2) is 4.79 Å². The number of hydrogen-bond donors (Lipinski definition) is 2. The fourth-order valence-electron chi connectivity index (χ4n) is 0.960. The van der Waals surface area contributed by atoms with E-state index in [2.05, 4.69) is 10.5 Å². The third kappa shape index (κ3) is 2.21. The number of anilines is 1. The van der Waals surface area contributed by atoms with Gasteiger partial charge < -0.3 is 9.63 Å². The van der Waals surface area contributed by atoms with Gasteiger partial charge in [-0.1, -0.05) is 25.9 Å². The normalized spacial score (nSPS) is 11.3. The Hall–Kier alpha value is -1.52. The Morgan fingerprint density at radius 3 is 2.69 bits per heavy atom. The molecule has 2 N–H and O–H groups in total. The predicted octanol–water partition coefficient (Wildman–Crippen LogP) is 2.06. The molecule has 1 rings (SSSR count). The average Bonchev–Trinajstić information content (AvgIpc) is 2.31. The molecule has 0 aliphatic rings. The van der Waals surface area contributed by atoms with E-state index in [1.54, 1.807) is 0 Å². The van der Waals surface area contributed by atoms with Gasteiger partial charge in [0.25, 0.3) is 0 Å². The number of aromatic nitrogens is 1. The molecule has 0 saturated carbocycles. The quantitative estimate of drug-likeness (QED) is 0.700. The lowest BCUT2D eigenvalue weighted by Crippen LogP contribution is -2.16. The third-order valence-corrected chi connectivity index (χ3v) is 1.60. The monoisotopic (exact) mass is 184 g/mol. The third-order valence-electron chi connectivity index (χ3n) is 1.60. The molecule has 0 unspecified atom stereocenters. The van der Waals surface area contributed by atoms with E-state index in [0.717, 1.165) is 5.56 Å². The molecular formula is C8H12N2O3. The van der Waals surface area contributed by atoms with E-state index in [1.165, 1.54) is 6.26 Å².